The van der Waals surface area contributed by atoms with E-state index < -0.39 is 12.1 Å². The molecule has 2 heterocycles. The van der Waals surface area contributed by atoms with E-state index in [0.29, 0.717) is 22.1 Å². The Hall–Kier alpha value is -3.26. The number of nitrogens with zero attached hydrogens (tertiary/aromatic N) is 3. The first-order chi connectivity index (χ1) is 13.6. The highest BCUT2D eigenvalue weighted by molar-refractivity contribution is 6.30. The molecule has 2 aromatic carbocycles. The van der Waals surface area contributed by atoms with Crippen LogP contribution in [0.2, 0.25) is 5.02 Å². The van der Waals surface area contributed by atoms with Gasteiger partial charge in [0.25, 0.3) is 5.89 Å². The van der Waals surface area contributed by atoms with Gasteiger partial charge in [-0.15, -0.1) is 0 Å². The molecule has 0 saturated heterocycles. The van der Waals surface area contributed by atoms with Crippen LogP contribution in [0.3, 0.4) is 0 Å². The third kappa shape index (κ3) is 4.01. The average Bonchev–Trinajstić information content (AvgIpc) is 3.37. The molecule has 1 atom stereocenters. The maximum absolute atomic E-state index is 13.3. The second kappa shape index (κ2) is 7.77. The number of halogens is 2. The summed E-state index contributed by atoms with van der Waals surface area (Å²) in [6.45, 7) is -0.200. The van der Waals surface area contributed by atoms with E-state index in [2.05, 4.69) is 15.3 Å². The molecule has 1 aliphatic rings. The van der Waals surface area contributed by atoms with Crippen LogP contribution < -0.4 is 0 Å². The van der Waals surface area contributed by atoms with Gasteiger partial charge >= 0.3 is 5.97 Å². The first-order valence-electron chi connectivity index (χ1n) is 8.32. The van der Waals surface area contributed by atoms with Crippen molar-refractivity contribution in [2.45, 2.75) is 19.1 Å². The number of oxime groups is 1. The number of esters is 1. The first-order valence-corrected chi connectivity index (χ1v) is 8.70. The fraction of sp³-hybridized carbons (Fsp3) is 0.158. The van der Waals surface area contributed by atoms with Gasteiger partial charge in [-0.2, -0.15) is 4.98 Å². The number of rotatable bonds is 5. The fourth-order valence-corrected chi connectivity index (χ4v) is 2.72. The average molecular weight is 402 g/mol. The summed E-state index contributed by atoms with van der Waals surface area (Å²) < 4.78 is 23.6. The molecule has 3 aromatic rings. The quantitative estimate of drug-likeness (QED) is 0.605. The van der Waals surface area contributed by atoms with E-state index in [-0.39, 0.29) is 24.7 Å². The Morgan fingerprint density at radius 3 is 2.82 bits per heavy atom. The van der Waals surface area contributed by atoms with Crippen LogP contribution in [0.1, 0.15) is 17.9 Å². The van der Waals surface area contributed by atoms with Gasteiger partial charge in [-0.3, -0.25) is 0 Å². The Bertz CT molecular complexity index is 1040. The van der Waals surface area contributed by atoms with Crippen molar-refractivity contribution in [2.75, 3.05) is 0 Å². The van der Waals surface area contributed by atoms with Gasteiger partial charge in [-0.25, -0.2) is 9.18 Å². The minimum atomic E-state index is -0.906. The summed E-state index contributed by atoms with van der Waals surface area (Å²) >= 11 is 5.85. The fourth-order valence-electron chi connectivity index (χ4n) is 2.60. The van der Waals surface area contributed by atoms with Gasteiger partial charge < -0.3 is 14.1 Å². The molecule has 0 saturated carbocycles. The largest absolute Gasteiger partial charge is 0.453 e. The van der Waals surface area contributed by atoms with Crippen LogP contribution in [0.15, 0.2) is 58.2 Å². The summed E-state index contributed by atoms with van der Waals surface area (Å²) in [6, 6.07) is 12.8. The lowest BCUT2D eigenvalue weighted by atomic mass is 10.1. The van der Waals surface area contributed by atoms with E-state index >= 15 is 0 Å². The number of carbonyl (C=O) groups is 1. The predicted octanol–water partition coefficient (Wildman–Crippen LogP) is 3.77. The van der Waals surface area contributed by atoms with Crippen LogP contribution in [-0.2, 0) is 21.0 Å². The van der Waals surface area contributed by atoms with E-state index in [1.807, 2.05) is 0 Å². The lowest BCUT2D eigenvalue weighted by molar-refractivity contribution is -0.157. The first kappa shape index (κ1) is 18.1. The van der Waals surface area contributed by atoms with Gasteiger partial charge in [-0.1, -0.05) is 34.0 Å². The minimum Gasteiger partial charge on any atom is -0.453 e. The molecule has 7 nitrogen and oxygen atoms in total. The number of carbonyl (C=O) groups excluding carboxylic acids is 1. The summed E-state index contributed by atoms with van der Waals surface area (Å²) in [4.78, 5) is 21.5. The van der Waals surface area contributed by atoms with Gasteiger partial charge in [0.2, 0.25) is 11.9 Å². The SMILES string of the molecule is O=C(OCc1nc(-c2ccc(Cl)cc2)no1)C1CC(c2cccc(F)c2)=NO1. The van der Waals surface area contributed by atoms with Crippen molar-refractivity contribution >= 4 is 23.3 Å². The van der Waals surface area contributed by atoms with Gasteiger partial charge in [-0.05, 0) is 36.4 Å². The molecule has 0 fully saturated rings. The molecule has 142 valence electrons. The zero-order valence-electron chi connectivity index (χ0n) is 14.3. The van der Waals surface area contributed by atoms with Crippen molar-refractivity contribution in [1.82, 2.24) is 10.1 Å². The van der Waals surface area contributed by atoms with E-state index in [1.54, 1.807) is 36.4 Å². The van der Waals surface area contributed by atoms with E-state index in [1.165, 1.54) is 12.1 Å². The molecule has 28 heavy (non-hydrogen) atoms. The third-order valence-corrected chi connectivity index (χ3v) is 4.25. The Morgan fingerprint density at radius 2 is 2.04 bits per heavy atom. The van der Waals surface area contributed by atoms with Crippen molar-refractivity contribution in [3.05, 3.63) is 70.8 Å². The van der Waals surface area contributed by atoms with E-state index in [0.717, 1.165) is 5.56 Å². The topological polar surface area (TPSA) is 86.8 Å². The van der Waals surface area contributed by atoms with Gasteiger partial charge in [0, 0.05) is 22.6 Å². The van der Waals surface area contributed by atoms with Crippen LogP contribution in [0, 0.1) is 5.82 Å². The maximum atomic E-state index is 13.3. The summed E-state index contributed by atoms with van der Waals surface area (Å²) in [7, 11) is 0. The van der Waals surface area contributed by atoms with Crippen LogP contribution in [0.5, 0.6) is 0 Å². The molecule has 1 aromatic heterocycles. The molecule has 0 amide bonds. The molecule has 9 heteroatoms. The molecule has 4 rings (SSSR count). The molecule has 1 unspecified atom stereocenters. The number of aromatic nitrogens is 2. The van der Waals surface area contributed by atoms with Crippen LogP contribution in [0.25, 0.3) is 11.4 Å². The molecule has 1 aliphatic heterocycles. The molecule has 0 bridgehead atoms. The van der Waals surface area contributed by atoms with Crippen molar-refractivity contribution in [3.8, 4) is 11.4 Å². The zero-order valence-corrected chi connectivity index (χ0v) is 15.1. The van der Waals surface area contributed by atoms with E-state index in [9.17, 15) is 9.18 Å². The highest BCUT2D eigenvalue weighted by atomic mass is 35.5. The standard InChI is InChI=1S/C19H13ClFN3O4/c20-13-6-4-11(5-7-13)18-22-17(28-24-18)10-26-19(25)16-9-15(23-27-16)12-2-1-3-14(21)8-12/h1-8,16H,9-10H2. The number of ether oxygens (including phenoxy) is 1. The second-order valence-electron chi connectivity index (χ2n) is 5.97. The number of hydrogen-bond acceptors (Lipinski definition) is 7. The Kier molecular flexibility index (Phi) is 5.03. The Morgan fingerprint density at radius 1 is 1.21 bits per heavy atom. The van der Waals surface area contributed by atoms with Crippen LogP contribution in [0.4, 0.5) is 4.39 Å². The second-order valence-corrected chi connectivity index (χ2v) is 6.41. The summed E-state index contributed by atoms with van der Waals surface area (Å²) in [5.74, 6) is -0.514. The lowest BCUT2D eigenvalue weighted by Crippen LogP contribution is -2.23. The molecule has 0 N–H and O–H groups in total. The van der Waals surface area contributed by atoms with E-state index in [4.69, 9.17) is 25.7 Å². The third-order valence-electron chi connectivity index (χ3n) is 4.00. The van der Waals surface area contributed by atoms with Crippen molar-refractivity contribution in [2.24, 2.45) is 5.16 Å². The highest BCUT2D eigenvalue weighted by Crippen LogP contribution is 2.20. The maximum Gasteiger partial charge on any atom is 0.351 e. The van der Waals surface area contributed by atoms with Crippen molar-refractivity contribution in [3.63, 3.8) is 0 Å². The smallest absolute Gasteiger partial charge is 0.351 e. The summed E-state index contributed by atoms with van der Waals surface area (Å²) in [5.41, 5.74) is 1.75. The summed E-state index contributed by atoms with van der Waals surface area (Å²) in [5, 5.41) is 8.28. The highest BCUT2D eigenvalue weighted by Gasteiger charge is 2.30. The zero-order chi connectivity index (χ0) is 19.5. The predicted molar refractivity (Wildman–Crippen MR) is 97.0 cm³/mol. The van der Waals surface area contributed by atoms with Crippen LogP contribution >= 0.6 is 11.6 Å². The van der Waals surface area contributed by atoms with Gasteiger partial charge in [0.05, 0.1) is 5.71 Å². The van der Waals surface area contributed by atoms with Crippen molar-refractivity contribution in [1.29, 1.82) is 0 Å². The Labute approximate surface area is 163 Å². The molecular formula is C19H13ClFN3O4. The Balaban J connectivity index is 1.32. The summed E-state index contributed by atoms with van der Waals surface area (Å²) in [6.07, 6.45) is -0.723. The van der Waals surface area contributed by atoms with Gasteiger partial charge in [0.1, 0.15) is 5.82 Å². The van der Waals surface area contributed by atoms with Crippen LogP contribution in [-0.4, -0.2) is 27.9 Å². The van der Waals surface area contributed by atoms with Gasteiger partial charge in [0.15, 0.2) is 6.61 Å². The molecule has 0 aliphatic carbocycles. The number of benzene rings is 2. The normalized spacial score (nSPS) is 15.8. The minimum absolute atomic E-state index is 0.141. The van der Waals surface area contributed by atoms with Crippen molar-refractivity contribution < 1.29 is 23.3 Å². The molecule has 0 spiro atoms. The number of hydrogen-bond donors (Lipinski definition) is 0. The monoisotopic (exact) mass is 401 g/mol. The molecule has 0 radical (unpaired) electrons. The molecular weight excluding hydrogens is 389 g/mol. The lowest BCUT2D eigenvalue weighted by Gasteiger charge is -2.06.